The molecule has 0 saturated carbocycles. The van der Waals surface area contributed by atoms with Crippen molar-refractivity contribution in [3.05, 3.63) is 28.0 Å². The molecule has 0 bridgehead atoms. The van der Waals surface area contributed by atoms with Gasteiger partial charge in [0.1, 0.15) is 22.5 Å². The minimum atomic E-state index is 0.101. The summed E-state index contributed by atoms with van der Waals surface area (Å²) in [5, 5.41) is 6.39. The molecule has 1 atom stereocenters. The molecule has 4 N–H and O–H groups in total. The zero-order valence-electron chi connectivity index (χ0n) is 12.0. The first-order valence-electron chi connectivity index (χ1n) is 6.65. The van der Waals surface area contributed by atoms with E-state index in [4.69, 9.17) is 5.84 Å². The van der Waals surface area contributed by atoms with Crippen molar-refractivity contribution >= 4 is 23.0 Å². The molecular weight excluding hydrogens is 272 g/mol. The summed E-state index contributed by atoms with van der Waals surface area (Å²) in [5.74, 6) is 7.79. The summed E-state index contributed by atoms with van der Waals surface area (Å²) in [6.07, 6.45) is 3.63. The third-order valence-electron chi connectivity index (χ3n) is 2.98. The van der Waals surface area contributed by atoms with Crippen LogP contribution in [0.5, 0.6) is 0 Å². The molecule has 7 heteroatoms. The molecule has 0 radical (unpaired) electrons. The Morgan fingerprint density at radius 3 is 2.70 bits per heavy atom. The average molecular weight is 292 g/mol. The van der Waals surface area contributed by atoms with E-state index in [0.717, 1.165) is 35.1 Å². The first-order valence-corrected chi connectivity index (χ1v) is 7.53. The number of aromatic nitrogens is 3. The molecule has 20 heavy (non-hydrogen) atoms. The first-order chi connectivity index (χ1) is 9.65. The average Bonchev–Trinajstić information content (AvgIpc) is 2.96. The summed E-state index contributed by atoms with van der Waals surface area (Å²) in [5.41, 5.74) is 3.55. The molecule has 0 aromatic carbocycles. The first kappa shape index (κ1) is 14.7. The van der Waals surface area contributed by atoms with Crippen molar-refractivity contribution in [2.75, 3.05) is 10.7 Å². The molecule has 2 heterocycles. The fourth-order valence-corrected chi connectivity index (χ4v) is 2.54. The smallest absolute Gasteiger partial charge is 0.148 e. The van der Waals surface area contributed by atoms with E-state index in [2.05, 4.69) is 39.5 Å². The number of hydrogen-bond acceptors (Lipinski definition) is 7. The van der Waals surface area contributed by atoms with Crippen LogP contribution in [-0.4, -0.2) is 15.0 Å². The largest absolute Gasteiger partial charge is 0.361 e. The molecule has 6 nitrogen and oxygen atoms in total. The summed E-state index contributed by atoms with van der Waals surface area (Å²) in [6, 6.07) is 0.101. The monoisotopic (exact) mass is 292 g/mol. The van der Waals surface area contributed by atoms with Crippen molar-refractivity contribution in [3.63, 3.8) is 0 Å². The van der Waals surface area contributed by atoms with Crippen LogP contribution in [0.25, 0.3) is 0 Å². The highest BCUT2D eigenvalue weighted by Crippen LogP contribution is 2.25. The predicted octanol–water partition coefficient (Wildman–Crippen LogP) is 2.65. The number of hydrogen-bond donors (Lipinski definition) is 3. The molecule has 0 amide bonds. The van der Waals surface area contributed by atoms with E-state index in [-0.39, 0.29) is 6.04 Å². The number of anilines is 2. The van der Waals surface area contributed by atoms with Gasteiger partial charge in [-0.1, -0.05) is 6.92 Å². The molecule has 2 aromatic heterocycles. The quantitative estimate of drug-likeness (QED) is 0.560. The Labute approximate surface area is 122 Å². The number of hydrazine groups is 1. The van der Waals surface area contributed by atoms with Gasteiger partial charge >= 0.3 is 0 Å². The van der Waals surface area contributed by atoms with Gasteiger partial charge < -0.3 is 10.7 Å². The van der Waals surface area contributed by atoms with Crippen LogP contribution >= 0.6 is 11.3 Å². The van der Waals surface area contributed by atoms with E-state index in [1.54, 1.807) is 17.5 Å². The van der Waals surface area contributed by atoms with Crippen molar-refractivity contribution in [2.45, 2.75) is 39.7 Å². The molecule has 2 rings (SSSR count). The topological polar surface area (TPSA) is 88.8 Å². The lowest BCUT2D eigenvalue weighted by Gasteiger charge is -2.16. The Balaban J connectivity index is 2.27. The standard InChI is InChI=1S/C13H20N6S/c1-4-5-10-17-11(8(2)12(18-10)19-14)16-9(3)13-15-6-7-20-13/h6-7,9H,4-5,14H2,1-3H3,(H2,16,17,18,19). The van der Waals surface area contributed by atoms with Gasteiger partial charge in [0, 0.05) is 23.6 Å². The lowest BCUT2D eigenvalue weighted by atomic mass is 10.2. The third kappa shape index (κ3) is 3.23. The van der Waals surface area contributed by atoms with Gasteiger partial charge in [-0.2, -0.15) is 0 Å². The van der Waals surface area contributed by atoms with E-state index >= 15 is 0 Å². The Bertz CT molecular complexity index is 554. The number of rotatable bonds is 6. The van der Waals surface area contributed by atoms with Crippen molar-refractivity contribution in [2.24, 2.45) is 5.84 Å². The van der Waals surface area contributed by atoms with Crippen LogP contribution in [0.3, 0.4) is 0 Å². The Kier molecular flexibility index (Phi) is 4.86. The van der Waals surface area contributed by atoms with Gasteiger partial charge in [-0.3, -0.25) is 0 Å². The number of nitrogens with one attached hydrogen (secondary N) is 2. The van der Waals surface area contributed by atoms with Gasteiger partial charge in [-0.05, 0) is 20.3 Å². The second-order valence-electron chi connectivity index (χ2n) is 4.59. The normalized spacial score (nSPS) is 12.2. The van der Waals surface area contributed by atoms with Crippen LogP contribution in [0.1, 0.15) is 42.7 Å². The number of nitrogen functional groups attached to an aromatic ring is 1. The van der Waals surface area contributed by atoms with Crippen molar-refractivity contribution in [1.82, 2.24) is 15.0 Å². The molecule has 0 spiro atoms. The lowest BCUT2D eigenvalue weighted by Crippen LogP contribution is -2.16. The van der Waals surface area contributed by atoms with E-state index in [0.29, 0.717) is 5.82 Å². The summed E-state index contributed by atoms with van der Waals surface area (Å²) >= 11 is 1.62. The zero-order chi connectivity index (χ0) is 14.5. The highest BCUT2D eigenvalue weighted by molar-refractivity contribution is 7.09. The molecule has 108 valence electrons. The zero-order valence-corrected chi connectivity index (χ0v) is 12.8. The Morgan fingerprint density at radius 2 is 2.10 bits per heavy atom. The van der Waals surface area contributed by atoms with Crippen LogP contribution in [0, 0.1) is 6.92 Å². The van der Waals surface area contributed by atoms with Crippen molar-refractivity contribution < 1.29 is 0 Å². The summed E-state index contributed by atoms with van der Waals surface area (Å²) in [4.78, 5) is 13.3. The fourth-order valence-electron chi connectivity index (χ4n) is 1.89. The molecule has 0 aliphatic carbocycles. The van der Waals surface area contributed by atoms with E-state index in [1.807, 2.05) is 12.3 Å². The number of aryl methyl sites for hydroxylation is 1. The van der Waals surface area contributed by atoms with Crippen LogP contribution in [0.4, 0.5) is 11.6 Å². The maximum Gasteiger partial charge on any atom is 0.148 e. The minimum Gasteiger partial charge on any atom is -0.361 e. The van der Waals surface area contributed by atoms with Crippen molar-refractivity contribution in [3.8, 4) is 0 Å². The number of nitrogens with two attached hydrogens (primary N) is 1. The lowest BCUT2D eigenvalue weighted by molar-refractivity contribution is 0.811. The molecule has 0 aliphatic heterocycles. The molecule has 0 saturated heterocycles. The highest BCUT2D eigenvalue weighted by atomic mass is 32.1. The molecule has 0 aliphatic rings. The van der Waals surface area contributed by atoms with Gasteiger partial charge in [0.15, 0.2) is 0 Å². The minimum absolute atomic E-state index is 0.101. The van der Waals surface area contributed by atoms with Crippen LogP contribution in [0.2, 0.25) is 0 Å². The summed E-state index contributed by atoms with van der Waals surface area (Å²) in [7, 11) is 0. The SMILES string of the molecule is CCCc1nc(NN)c(C)c(NC(C)c2nccs2)n1. The van der Waals surface area contributed by atoms with Crippen LogP contribution in [0.15, 0.2) is 11.6 Å². The van der Waals surface area contributed by atoms with Crippen LogP contribution in [-0.2, 0) is 6.42 Å². The summed E-state index contributed by atoms with van der Waals surface area (Å²) in [6.45, 7) is 6.11. The molecule has 0 fully saturated rings. The maximum atomic E-state index is 5.53. The van der Waals surface area contributed by atoms with Gasteiger partial charge in [0.2, 0.25) is 0 Å². The fraction of sp³-hybridized carbons (Fsp3) is 0.462. The number of thiazole rings is 1. The number of nitrogens with zero attached hydrogens (tertiary/aromatic N) is 3. The maximum absolute atomic E-state index is 5.53. The third-order valence-corrected chi connectivity index (χ3v) is 3.94. The van der Waals surface area contributed by atoms with Gasteiger partial charge in [0.05, 0.1) is 6.04 Å². The predicted molar refractivity (Wildman–Crippen MR) is 82.7 cm³/mol. The summed E-state index contributed by atoms with van der Waals surface area (Å²) < 4.78 is 0. The Morgan fingerprint density at radius 1 is 1.35 bits per heavy atom. The molecular formula is C13H20N6S. The van der Waals surface area contributed by atoms with Crippen LogP contribution < -0.4 is 16.6 Å². The van der Waals surface area contributed by atoms with Gasteiger partial charge in [-0.25, -0.2) is 20.8 Å². The van der Waals surface area contributed by atoms with E-state index in [1.165, 1.54) is 0 Å². The molecule has 2 aromatic rings. The van der Waals surface area contributed by atoms with Crippen molar-refractivity contribution in [1.29, 1.82) is 0 Å². The Hall–Kier alpha value is -1.73. The van der Waals surface area contributed by atoms with Gasteiger partial charge in [0.25, 0.3) is 0 Å². The second kappa shape index (κ2) is 6.62. The van der Waals surface area contributed by atoms with Gasteiger partial charge in [-0.15, -0.1) is 11.3 Å². The molecule has 1 unspecified atom stereocenters. The van der Waals surface area contributed by atoms with E-state index in [9.17, 15) is 0 Å². The second-order valence-corrected chi connectivity index (χ2v) is 5.52. The highest BCUT2D eigenvalue weighted by Gasteiger charge is 2.14. The van der Waals surface area contributed by atoms with E-state index < -0.39 is 0 Å².